The molecule has 2 heterocycles. The first kappa shape index (κ1) is 15.1. The van der Waals surface area contributed by atoms with Crippen molar-refractivity contribution in [2.75, 3.05) is 11.5 Å². The van der Waals surface area contributed by atoms with E-state index in [9.17, 15) is 4.39 Å². The number of hydrogen-bond donors (Lipinski definition) is 2. The van der Waals surface area contributed by atoms with Gasteiger partial charge in [0.1, 0.15) is 28.3 Å². The molecule has 1 aromatic heterocycles. The quantitative estimate of drug-likeness (QED) is 0.665. The van der Waals surface area contributed by atoms with Gasteiger partial charge in [-0.1, -0.05) is 37.7 Å². The zero-order valence-corrected chi connectivity index (χ0v) is 12.6. The monoisotopic (exact) mass is 302 g/mol. The molecule has 6 heteroatoms. The number of nitrogen functional groups attached to an aromatic ring is 2. The number of benzene rings is 1. The number of nitrogens with zero attached hydrogens (tertiary/aromatic N) is 2. The summed E-state index contributed by atoms with van der Waals surface area (Å²) in [6.45, 7) is 4.00. The summed E-state index contributed by atoms with van der Waals surface area (Å²) in [5, 5.41) is 9.60. The smallest absolute Gasteiger partial charge is 0.144 e. The second-order valence-electron chi connectivity index (χ2n) is 4.19. The van der Waals surface area contributed by atoms with Gasteiger partial charge in [0.2, 0.25) is 0 Å². The highest BCUT2D eigenvalue weighted by Crippen LogP contribution is 2.43. The Morgan fingerprint density at radius 2 is 2.05 bits per heavy atom. The molecule has 4 N–H and O–H groups in total. The first-order chi connectivity index (χ1) is 10.1. The summed E-state index contributed by atoms with van der Waals surface area (Å²) in [6.07, 6.45) is 0.462. The number of pyridine rings is 1. The van der Waals surface area contributed by atoms with Crippen molar-refractivity contribution in [1.29, 1.82) is 5.26 Å². The summed E-state index contributed by atoms with van der Waals surface area (Å²) in [5.41, 5.74) is 13.8. The molecule has 0 unspecified atom stereocenters. The van der Waals surface area contributed by atoms with Crippen LogP contribution in [0.1, 0.15) is 30.5 Å². The Hall–Kier alpha value is -2.26. The SMILES string of the molecule is CC.N#Cc1c(N)nc2c(c1N)Cc1cccc(F)c1S2. The fourth-order valence-corrected chi connectivity index (χ4v) is 3.18. The molecule has 2 aromatic rings. The lowest BCUT2D eigenvalue weighted by atomic mass is 10.0. The third kappa shape index (κ3) is 2.52. The van der Waals surface area contributed by atoms with Crippen molar-refractivity contribution in [3.8, 4) is 6.07 Å². The van der Waals surface area contributed by atoms with Crippen LogP contribution in [0.3, 0.4) is 0 Å². The summed E-state index contributed by atoms with van der Waals surface area (Å²) < 4.78 is 13.7. The van der Waals surface area contributed by atoms with E-state index < -0.39 is 0 Å². The van der Waals surface area contributed by atoms with Crippen LogP contribution in [0.15, 0.2) is 28.1 Å². The van der Waals surface area contributed by atoms with E-state index in [0.29, 0.717) is 22.0 Å². The molecule has 0 amide bonds. The van der Waals surface area contributed by atoms with Crippen molar-refractivity contribution in [2.45, 2.75) is 30.2 Å². The molecule has 21 heavy (non-hydrogen) atoms. The summed E-state index contributed by atoms with van der Waals surface area (Å²) in [5.74, 6) is -0.192. The van der Waals surface area contributed by atoms with Crippen LogP contribution in [0, 0.1) is 17.1 Å². The van der Waals surface area contributed by atoms with Crippen molar-refractivity contribution < 1.29 is 4.39 Å². The molecule has 0 fully saturated rings. The fourth-order valence-electron chi connectivity index (χ4n) is 2.10. The molecular formula is C15H15FN4S. The van der Waals surface area contributed by atoms with E-state index >= 15 is 0 Å². The van der Waals surface area contributed by atoms with Gasteiger partial charge in [0.25, 0.3) is 0 Å². The molecule has 0 bridgehead atoms. The molecule has 1 aliphatic heterocycles. The van der Waals surface area contributed by atoms with Crippen LogP contribution in [0.4, 0.5) is 15.9 Å². The van der Waals surface area contributed by atoms with Gasteiger partial charge in [0.15, 0.2) is 0 Å². The Labute approximate surface area is 127 Å². The van der Waals surface area contributed by atoms with Crippen LogP contribution < -0.4 is 11.5 Å². The maximum absolute atomic E-state index is 13.7. The molecule has 1 aliphatic rings. The van der Waals surface area contributed by atoms with Gasteiger partial charge in [-0.25, -0.2) is 9.37 Å². The van der Waals surface area contributed by atoms with Gasteiger partial charge in [0, 0.05) is 12.0 Å². The lowest BCUT2D eigenvalue weighted by molar-refractivity contribution is 0.596. The van der Waals surface area contributed by atoms with Gasteiger partial charge < -0.3 is 11.5 Å². The normalized spacial score (nSPS) is 11.5. The number of nitrogens with two attached hydrogens (primary N) is 2. The minimum atomic E-state index is -0.281. The zero-order chi connectivity index (χ0) is 15.6. The number of hydrogen-bond acceptors (Lipinski definition) is 5. The van der Waals surface area contributed by atoms with Gasteiger partial charge in [-0.05, 0) is 11.6 Å². The Bertz CT molecular complexity index is 737. The molecule has 4 nitrogen and oxygen atoms in total. The maximum Gasteiger partial charge on any atom is 0.144 e. The molecule has 1 aromatic carbocycles. The largest absolute Gasteiger partial charge is 0.397 e. The van der Waals surface area contributed by atoms with E-state index in [1.165, 1.54) is 17.8 Å². The summed E-state index contributed by atoms with van der Waals surface area (Å²) in [4.78, 5) is 4.70. The molecular weight excluding hydrogens is 287 g/mol. The highest BCUT2D eigenvalue weighted by Gasteiger charge is 2.24. The maximum atomic E-state index is 13.7. The van der Waals surface area contributed by atoms with Crippen molar-refractivity contribution in [3.63, 3.8) is 0 Å². The number of nitriles is 1. The Morgan fingerprint density at radius 1 is 1.33 bits per heavy atom. The summed E-state index contributed by atoms with van der Waals surface area (Å²) in [6, 6.07) is 6.87. The number of rotatable bonds is 0. The molecule has 0 aliphatic carbocycles. The predicted molar refractivity (Wildman–Crippen MR) is 82.5 cm³/mol. The molecule has 3 rings (SSSR count). The zero-order valence-electron chi connectivity index (χ0n) is 11.8. The standard InChI is InChI=1S/C13H9FN4S.C2H6/c14-9-3-1-2-6-4-7-10(16)8(5-15)12(17)18-13(7)19-11(6)9;1-2/h1-3H,4H2,(H4,16,17,18);1-2H3. The van der Waals surface area contributed by atoms with Crippen LogP contribution in [-0.4, -0.2) is 4.98 Å². The molecule has 0 saturated carbocycles. The van der Waals surface area contributed by atoms with E-state index in [1.807, 2.05) is 26.0 Å². The Kier molecular flexibility index (Phi) is 4.34. The Balaban J connectivity index is 0.000000774. The van der Waals surface area contributed by atoms with Gasteiger partial charge >= 0.3 is 0 Å². The average molecular weight is 302 g/mol. The minimum Gasteiger partial charge on any atom is -0.397 e. The second kappa shape index (κ2) is 6.02. The fraction of sp³-hybridized carbons (Fsp3) is 0.200. The number of fused-ring (bicyclic) bond motifs is 2. The van der Waals surface area contributed by atoms with Crippen LogP contribution in [0.5, 0.6) is 0 Å². The van der Waals surface area contributed by atoms with E-state index in [4.69, 9.17) is 16.7 Å². The van der Waals surface area contributed by atoms with Crippen molar-refractivity contribution in [2.24, 2.45) is 0 Å². The number of aromatic nitrogens is 1. The van der Waals surface area contributed by atoms with Crippen LogP contribution in [-0.2, 0) is 6.42 Å². The van der Waals surface area contributed by atoms with Crippen molar-refractivity contribution >= 4 is 23.3 Å². The molecule has 0 saturated heterocycles. The van der Waals surface area contributed by atoms with Gasteiger partial charge in [-0.3, -0.25) is 0 Å². The lowest BCUT2D eigenvalue weighted by Crippen LogP contribution is -2.11. The summed E-state index contributed by atoms with van der Waals surface area (Å²) >= 11 is 1.20. The van der Waals surface area contributed by atoms with E-state index in [0.717, 1.165) is 11.1 Å². The Morgan fingerprint density at radius 3 is 2.71 bits per heavy atom. The average Bonchev–Trinajstić information content (AvgIpc) is 2.49. The van der Waals surface area contributed by atoms with Crippen molar-refractivity contribution in [3.05, 3.63) is 40.7 Å². The number of halogens is 1. The highest BCUT2D eigenvalue weighted by molar-refractivity contribution is 7.99. The predicted octanol–water partition coefficient (Wildman–Crippen LogP) is 3.34. The first-order valence-corrected chi connectivity index (χ1v) is 7.36. The van der Waals surface area contributed by atoms with Crippen LogP contribution in [0.2, 0.25) is 0 Å². The molecule has 0 radical (unpaired) electrons. The van der Waals surface area contributed by atoms with Gasteiger partial charge in [-0.15, -0.1) is 0 Å². The third-order valence-corrected chi connectivity index (χ3v) is 4.25. The van der Waals surface area contributed by atoms with Crippen LogP contribution >= 0.6 is 11.8 Å². The highest BCUT2D eigenvalue weighted by atomic mass is 32.2. The van der Waals surface area contributed by atoms with E-state index in [-0.39, 0.29) is 17.2 Å². The lowest BCUT2D eigenvalue weighted by Gasteiger charge is -2.21. The molecule has 108 valence electrons. The molecule has 0 atom stereocenters. The van der Waals surface area contributed by atoms with E-state index in [2.05, 4.69) is 4.98 Å². The van der Waals surface area contributed by atoms with Gasteiger partial charge in [-0.2, -0.15) is 5.26 Å². The topological polar surface area (TPSA) is 88.7 Å². The minimum absolute atomic E-state index is 0.0889. The second-order valence-corrected chi connectivity index (χ2v) is 5.19. The third-order valence-electron chi connectivity index (χ3n) is 3.06. The van der Waals surface area contributed by atoms with Crippen LogP contribution in [0.25, 0.3) is 0 Å². The summed E-state index contributed by atoms with van der Waals surface area (Å²) in [7, 11) is 0. The van der Waals surface area contributed by atoms with Gasteiger partial charge in [0.05, 0.1) is 10.6 Å². The van der Waals surface area contributed by atoms with E-state index in [1.54, 1.807) is 6.07 Å². The van der Waals surface area contributed by atoms with Crippen molar-refractivity contribution in [1.82, 2.24) is 4.98 Å². The first-order valence-electron chi connectivity index (χ1n) is 6.55. The number of anilines is 2. The molecule has 0 spiro atoms.